The predicted molar refractivity (Wildman–Crippen MR) is 80.5 cm³/mol. The molecule has 0 aliphatic heterocycles. The highest BCUT2D eigenvalue weighted by Crippen LogP contribution is 2.49. The van der Waals surface area contributed by atoms with Crippen molar-refractivity contribution >= 4 is 21.7 Å². The average Bonchev–Trinajstić information content (AvgIpc) is 3.22. The van der Waals surface area contributed by atoms with Crippen LogP contribution < -0.4 is 0 Å². The van der Waals surface area contributed by atoms with Gasteiger partial charge in [-0.3, -0.25) is 4.79 Å². The second kappa shape index (κ2) is 4.93. The summed E-state index contributed by atoms with van der Waals surface area (Å²) in [6, 6.07) is 16.3. The highest BCUT2D eigenvalue weighted by atomic mass is 79.9. The summed E-state index contributed by atoms with van der Waals surface area (Å²) in [6.07, 6.45) is 0.975. The van der Waals surface area contributed by atoms with E-state index in [9.17, 15) is 4.79 Å². The summed E-state index contributed by atoms with van der Waals surface area (Å²) in [5.74, 6) is 0.825. The van der Waals surface area contributed by atoms with E-state index in [2.05, 4.69) is 28.1 Å². The van der Waals surface area contributed by atoms with Crippen molar-refractivity contribution in [1.82, 2.24) is 0 Å². The second-order valence-corrected chi connectivity index (χ2v) is 6.06. The molecule has 0 amide bonds. The van der Waals surface area contributed by atoms with Crippen molar-refractivity contribution in [3.05, 3.63) is 69.7 Å². The van der Waals surface area contributed by atoms with E-state index in [0.717, 1.165) is 22.0 Å². The fourth-order valence-electron chi connectivity index (χ4n) is 2.58. The Balaban J connectivity index is 1.82. The molecule has 0 saturated heterocycles. The van der Waals surface area contributed by atoms with Gasteiger partial charge in [0.25, 0.3) is 0 Å². The van der Waals surface area contributed by atoms with E-state index in [4.69, 9.17) is 0 Å². The van der Waals surface area contributed by atoms with E-state index < -0.39 is 0 Å². The van der Waals surface area contributed by atoms with Crippen LogP contribution >= 0.6 is 15.9 Å². The molecular formula is C17H15BrO. The van der Waals surface area contributed by atoms with Crippen LogP contribution in [-0.4, -0.2) is 5.78 Å². The van der Waals surface area contributed by atoms with E-state index >= 15 is 0 Å². The number of rotatable bonds is 3. The molecule has 0 spiro atoms. The van der Waals surface area contributed by atoms with Gasteiger partial charge in [-0.15, -0.1) is 0 Å². The van der Waals surface area contributed by atoms with E-state index in [1.807, 2.05) is 43.3 Å². The van der Waals surface area contributed by atoms with E-state index in [1.165, 1.54) is 5.56 Å². The normalized spacial score (nSPS) is 21.2. The van der Waals surface area contributed by atoms with Gasteiger partial charge in [0, 0.05) is 16.0 Å². The fraction of sp³-hybridized carbons (Fsp3) is 0.235. The van der Waals surface area contributed by atoms with Gasteiger partial charge in [-0.25, -0.2) is 0 Å². The van der Waals surface area contributed by atoms with E-state index in [-0.39, 0.29) is 11.7 Å². The summed E-state index contributed by atoms with van der Waals surface area (Å²) in [5.41, 5.74) is 3.23. The van der Waals surface area contributed by atoms with Crippen molar-refractivity contribution in [2.24, 2.45) is 5.92 Å². The van der Waals surface area contributed by atoms with Crippen LogP contribution in [0.4, 0.5) is 0 Å². The smallest absolute Gasteiger partial charge is 0.167 e. The Morgan fingerprint density at radius 3 is 2.63 bits per heavy atom. The summed E-state index contributed by atoms with van der Waals surface area (Å²) in [4.78, 5) is 12.5. The van der Waals surface area contributed by atoms with Crippen LogP contribution in [0, 0.1) is 12.8 Å². The van der Waals surface area contributed by atoms with Crippen molar-refractivity contribution in [2.75, 3.05) is 0 Å². The number of halogens is 1. The van der Waals surface area contributed by atoms with Crippen molar-refractivity contribution in [3.8, 4) is 0 Å². The number of carbonyl (C=O) groups excluding carboxylic acids is 1. The Labute approximate surface area is 121 Å². The maximum atomic E-state index is 12.5. The number of hydrogen-bond acceptors (Lipinski definition) is 1. The van der Waals surface area contributed by atoms with Gasteiger partial charge in [-0.1, -0.05) is 57.9 Å². The Bertz CT molecular complexity index is 618. The quantitative estimate of drug-likeness (QED) is 0.748. The maximum Gasteiger partial charge on any atom is 0.167 e. The highest BCUT2D eigenvalue weighted by molar-refractivity contribution is 9.10. The molecule has 96 valence electrons. The second-order valence-electron chi connectivity index (χ2n) is 5.21. The standard InChI is InChI=1S/C17H15BrO/c1-11-7-8-16(18)15(9-11)17(19)14-10-13(14)12-5-3-2-4-6-12/h2-9,13-14H,10H2,1H3. The Morgan fingerprint density at radius 2 is 1.89 bits per heavy atom. The molecule has 1 aliphatic rings. The minimum atomic E-state index is 0.153. The minimum absolute atomic E-state index is 0.153. The third-order valence-electron chi connectivity index (χ3n) is 3.74. The predicted octanol–water partition coefficient (Wildman–Crippen LogP) is 4.74. The summed E-state index contributed by atoms with van der Waals surface area (Å²) in [7, 11) is 0. The topological polar surface area (TPSA) is 17.1 Å². The molecule has 1 aliphatic carbocycles. The van der Waals surface area contributed by atoms with Crippen molar-refractivity contribution in [3.63, 3.8) is 0 Å². The molecule has 2 aromatic rings. The molecule has 2 aromatic carbocycles. The number of ketones is 1. The molecule has 0 bridgehead atoms. The third-order valence-corrected chi connectivity index (χ3v) is 4.43. The highest BCUT2D eigenvalue weighted by Gasteiger charge is 2.44. The van der Waals surface area contributed by atoms with Crippen molar-refractivity contribution < 1.29 is 4.79 Å². The SMILES string of the molecule is Cc1ccc(Br)c(C(=O)C2CC2c2ccccc2)c1. The van der Waals surface area contributed by atoms with Gasteiger partial charge >= 0.3 is 0 Å². The van der Waals surface area contributed by atoms with Crippen LogP contribution in [0.5, 0.6) is 0 Å². The molecule has 0 aromatic heterocycles. The largest absolute Gasteiger partial charge is 0.294 e. The molecular weight excluding hydrogens is 300 g/mol. The zero-order chi connectivity index (χ0) is 13.4. The lowest BCUT2D eigenvalue weighted by Gasteiger charge is -2.05. The molecule has 1 nitrogen and oxygen atoms in total. The molecule has 0 N–H and O–H groups in total. The summed E-state index contributed by atoms with van der Waals surface area (Å²) in [6.45, 7) is 2.02. The van der Waals surface area contributed by atoms with Gasteiger partial charge in [0.05, 0.1) is 0 Å². The first kappa shape index (κ1) is 12.6. The molecule has 1 fully saturated rings. The lowest BCUT2D eigenvalue weighted by Crippen LogP contribution is -2.04. The van der Waals surface area contributed by atoms with Gasteiger partial charge < -0.3 is 0 Å². The van der Waals surface area contributed by atoms with Gasteiger partial charge in [0.15, 0.2) is 5.78 Å². The molecule has 19 heavy (non-hydrogen) atoms. The third kappa shape index (κ3) is 2.50. The van der Waals surface area contributed by atoms with Crippen LogP contribution in [0.1, 0.15) is 33.8 Å². The number of aryl methyl sites for hydroxylation is 1. The lowest BCUT2D eigenvalue weighted by atomic mass is 10.0. The number of carbonyl (C=O) groups is 1. The van der Waals surface area contributed by atoms with Crippen molar-refractivity contribution in [1.29, 1.82) is 0 Å². The molecule has 0 heterocycles. The molecule has 2 unspecified atom stereocenters. The van der Waals surface area contributed by atoms with Crippen LogP contribution in [0.2, 0.25) is 0 Å². The van der Waals surface area contributed by atoms with Gasteiger partial charge in [0.1, 0.15) is 0 Å². The first-order chi connectivity index (χ1) is 9.16. The zero-order valence-corrected chi connectivity index (χ0v) is 12.4. The number of benzene rings is 2. The first-order valence-electron chi connectivity index (χ1n) is 6.52. The number of hydrogen-bond donors (Lipinski definition) is 0. The van der Waals surface area contributed by atoms with Crippen LogP contribution in [-0.2, 0) is 0 Å². The molecule has 2 atom stereocenters. The lowest BCUT2D eigenvalue weighted by molar-refractivity contribution is 0.0964. The Morgan fingerprint density at radius 1 is 1.16 bits per heavy atom. The van der Waals surface area contributed by atoms with Gasteiger partial charge in [-0.2, -0.15) is 0 Å². The first-order valence-corrected chi connectivity index (χ1v) is 7.31. The zero-order valence-electron chi connectivity index (χ0n) is 10.8. The average molecular weight is 315 g/mol. The summed E-state index contributed by atoms with van der Waals surface area (Å²) in [5, 5.41) is 0. The van der Waals surface area contributed by atoms with Crippen molar-refractivity contribution in [2.45, 2.75) is 19.3 Å². The monoisotopic (exact) mass is 314 g/mol. The van der Waals surface area contributed by atoms with E-state index in [0.29, 0.717) is 5.92 Å². The Hall–Kier alpha value is -1.41. The summed E-state index contributed by atoms with van der Waals surface area (Å²) < 4.78 is 0.904. The molecule has 1 saturated carbocycles. The molecule has 3 rings (SSSR count). The van der Waals surface area contributed by atoms with Gasteiger partial charge in [0.2, 0.25) is 0 Å². The summed E-state index contributed by atoms with van der Waals surface area (Å²) >= 11 is 3.48. The van der Waals surface area contributed by atoms with Crippen LogP contribution in [0.3, 0.4) is 0 Å². The van der Waals surface area contributed by atoms with Gasteiger partial charge in [-0.05, 0) is 37.0 Å². The maximum absolute atomic E-state index is 12.5. The van der Waals surface area contributed by atoms with Crippen LogP contribution in [0.15, 0.2) is 53.0 Å². The van der Waals surface area contributed by atoms with E-state index in [1.54, 1.807) is 0 Å². The number of Topliss-reactive ketones (excluding diaryl/α,β-unsaturated/α-hetero) is 1. The molecule has 0 radical (unpaired) electrons. The fourth-order valence-corrected chi connectivity index (χ4v) is 3.02. The Kier molecular flexibility index (Phi) is 3.28. The molecule has 2 heteroatoms. The van der Waals surface area contributed by atoms with Crippen LogP contribution in [0.25, 0.3) is 0 Å². The minimum Gasteiger partial charge on any atom is -0.294 e.